The van der Waals surface area contributed by atoms with E-state index in [2.05, 4.69) is 22.9 Å². The lowest BCUT2D eigenvalue weighted by molar-refractivity contribution is -0.130. The van der Waals surface area contributed by atoms with E-state index < -0.39 is 0 Å². The van der Waals surface area contributed by atoms with Crippen molar-refractivity contribution in [2.45, 2.75) is 25.8 Å². The zero-order valence-corrected chi connectivity index (χ0v) is 16.0. The molecule has 0 radical (unpaired) electrons. The minimum Gasteiger partial charge on any atom is -0.350 e. The van der Waals surface area contributed by atoms with E-state index in [1.54, 1.807) is 4.90 Å². The number of anilines is 1. The van der Waals surface area contributed by atoms with Crippen LogP contribution in [0.25, 0.3) is 22.2 Å². The third-order valence-electron chi connectivity index (χ3n) is 5.80. The number of nitrogens with zero attached hydrogens (tertiary/aromatic N) is 5. The summed E-state index contributed by atoms with van der Waals surface area (Å²) in [6.45, 7) is 2.23. The summed E-state index contributed by atoms with van der Waals surface area (Å²) in [4.78, 5) is 28.7. The van der Waals surface area contributed by atoms with Crippen molar-refractivity contribution in [3.63, 3.8) is 0 Å². The van der Waals surface area contributed by atoms with Crippen LogP contribution >= 0.6 is 0 Å². The van der Waals surface area contributed by atoms with Gasteiger partial charge in [-0.15, -0.1) is 0 Å². The number of aryl methyl sites for hydroxylation is 2. The fourth-order valence-electron chi connectivity index (χ4n) is 4.30. The van der Waals surface area contributed by atoms with Crippen molar-refractivity contribution < 1.29 is 9.59 Å². The van der Waals surface area contributed by atoms with Gasteiger partial charge in [0.05, 0.1) is 12.2 Å². The van der Waals surface area contributed by atoms with E-state index in [1.807, 2.05) is 34.8 Å². The number of hydrogen-bond donors (Lipinski definition) is 0. The number of rotatable bonds is 3. The lowest BCUT2D eigenvalue weighted by Crippen LogP contribution is -2.45. The number of aromatic nitrogens is 3. The molecule has 1 aromatic carbocycles. The van der Waals surface area contributed by atoms with E-state index in [0.29, 0.717) is 18.8 Å². The Bertz CT molecular complexity index is 1070. The molecule has 2 aromatic heterocycles. The summed E-state index contributed by atoms with van der Waals surface area (Å²) in [6.07, 6.45) is 4.53. The van der Waals surface area contributed by atoms with Crippen LogP contribution in [0.1, 0.15) is 19.3 Å². The molecule has 0 saturated carbocycles. The molecule has 3 aromatic rings. The lowest BCUT2D eigenvalue weighted by Gasteiger charge is -2.28. The maximum atomic E-state index is 12.6. The normalized spacial score (nSPS) is 16.8. The number of amides is 2. The minimum absolute atomic E-state index is 0.00980. The van der Waals surface area contributed by atoms with E-state index in [-0.39, 0.29) is 18.4 Å². The van der Waals surface area contributed by atoms with Crippen molar-refractivity contribution in [1.82, 2.24) is 19.2 Å². The topological polar surface area (TPSA) is 63.4 Å². The van der Waals surface area contributed by atoms with Crippen molar-refractivity contribution in [3.05, 3.63) is 36.5 Å². The predicted octanol–water partition coefficient (Wildman–Crippen LogP) is 2.40. The summed E-state index contributed by atoms with van der Waals surface area (Å²) in [5, 5.41) is 5.89. The van der Waals surface area contributed by atoms with Crippen LogP contribution in [0.2, 0.25) is 0 Å². The lowest BCUT2D eigenvalue weighted by atomic mass is 10.1. The Balaban J connectivity index is 1.51. The average Bonchev–Trinajstić information content (AvgIpc) is 3.43. The van der Waals surface area contributed by atoms with Gasteiger partial charge in [0.2, 0.25) is 11.8 Å². The highest BCUT2D eigenvalue weighted by Crippen LogP contribution is 2.33. The SMILES string of the molecule is Cn1cc(-c2cc3n(n2)CCC(=O)N3CC(=O)N2CCCC2)c2ccccc21. The number of carbonyl (C=O) groups is 2. The van der Waals surface area contributed by atoms with Crippen molar-refractivity contribution >= 4 is 28.5 Å². The van der Waals surface area contributed by atoms with E-state index >= 15 is 0 Å². The Hall–Kier alpha value is -3.09. The second kappa shape index (κ2) is 6.51. The van der Waals surface area contributed by atoms with E-state index in [0.717, 1.165) is 48.1 Å². The molecule has 1 saturated heterocycles. The number of carbonyl (C=O) groups excluding carboxylic acids is 2. The Morgan fingerprint density at radius 2 is 1.93 bits per heavy atom. The number of para-hydroxylation sites is 1. The molecule has 7 nitrogen and oxygen atoms in total. The van der Waals surface area contributed by atoms with Crippen molar-refractivity contribution in [2.75, 3.05) is 24.5 Å². The molecule has 0 unspecified atom stereocenters. The van der Waals surface area contributed by atoms with Gasteiger partial charge in [-0.05, 0) is 18.9 Å². The van der Waals surface area contributed by atoms with Crippen LogP contribution in [0, 0.1) is 0 Å². The Labute approximate surface area is 163 Å². The van der Waals surface area contributed by atoms with Crippen LogP contribution in [-0.2, 0) is 23.2 Å². The standard InChI is InChI=1S/C21H23N5O2/c1-23-13-16(15-6-2-3-7-18(15)23)17-12-19-25(20(27)8-11-26(19)22-17)14-21(28)24-9-4-5-10-24/h2-3,6-7,12-13H,4-5,8-11,14H2,1H3. The second-order valence-corrected chi connectivity index (χ2v) is 7.60. The molecule has 2 aliphatic rings. The Morgan fingerprint density at radius 3 is 2.75 bits per heavy atom. The van der Waals surface area contributed by atoms with Crippen LogP contribution in [0.3, 0.4) is 0 Å². The van der Waals surface area contributed by atoms with Gasteiger partial charge in [-0.1, -0.05) is 18.2 Å². The van der Waals surface area contributed by atoms with E-state index in [1.165, 1.54) is 0 Å². The summed E-state index contributed by atoms with van der Waals surface area (Å²) in [6, 6.07) is 10.2. The Morgan fingerprint density at radius 1 is 1.14 bits per heavy atom. The first-order chi connectivity index (χ1) is 13.6. The highest BCUT2D eigenvalue weighted by molar-refractivity contribution is 6.00. The molecule has 0 aliphatic carbocycles. The quantitative estimate of drug-likeness (QED) is 0.704. The molecule has 7 heteroatoms. The van der Waals surface area contributed by atoms with E-state index in [9.17, 15) is 9.59 Å². The number of hydrogen-bond acceptors (Lipinski definition) is 3. The predicted molar refractivity (Wildman–Crippen MR) is 107 cm³/mol. The van der Waals surface area contributed by atoms with Gasteiger partial charge < -0.3 is 9.47 Å². The van der Waals surface area contributed by atoms with Crippen LogP contribution in [0.5, 0.6) is 0 Å². The smallest absolute Gasteiger partial charge is 0.242 e. The highest BCUT2D eigenvalue weighted by atomic mass is 16.2. The molecule has 1 fully saturated rings. The molecule has 0 spiro atoms. The summed E-state index contributed by atoms with van der Waals surface area (Å²) in [5.74, 6) is 0.725. The third kappa shape index (κ3) is 2.69. The average molecular weight is 377 g/mol. The molecule has 2 amide bonds. The van der Waals surface area contributed by atoms with Gasteiger partial charge >= 0.3 is 0 Å². The highest BCUT2D eigenvalue weighted by Gasteiger charge is 2.30. The molecular formula is C21H23N5O2. The first-order valence-corrected chi connectivity index (χ1v) is 9.82. The van der Waals surface area contributed by atoms with Gasteiger partial charge in [0.15, 0.2) is 0 Å². The molecule has 0 bridgehead atoms. The second-order valence-electron chi connectivity index (χ2n) is 7.60. The summed E-state index contributed by atoms with van der Waals surface area (Å²) < 4.78 is 3.94. The maximum Gasteiger partial charge on any atom is 0.242 e. The number of benzene rings is 1. The van der Waals surface area contributed by atoms with Crippen LogP contribution in [0.4, 0.5) is 5.82 Å². The zero-order chi connectivity index (χ0) is 19.3. The van der Waals surface area contributed by atoms with Gasteiger partial charge in [0.25, 0.3) is 0 Å². The summed E-state index contributed by atoms with van der Waals surface area (Å²) >= 11 is 0. The van der Waals surface area contributed by atoms with Gasteiger partial charge in [-0.2, -0.15) is 5.10 Å². The minimum atomic E-state index is -0.00980. The number of likely N-dealkylation sites (tertiary alicyclic amines) is 1. The largest absolute Gasteiger partial charge is 0.350 e. The summed E-state index contributed by atoms with van der Waals surface area (Å²) in [5.41, 5.74) is 3.01. The van der Waals surface area contributed by atoms with Gasteiger partial charge in [-0.25, -0.2) is 4.68 Å². The van der Waals surface area contributed by atoms with Crippen molar-refractivity contribution in [1.29, 1.82) is 0 Å². The molecule has 5 rings (SSSR count). The fraction of sp³-hybridized carbons (Fsp3) is 0.381. The van der Waals surface area contributed by atoms with Crippen molar-refractivity contribution in [2.24, 2.45) is 7.05 Å². The van der Waals surface area contributed by atoms with Crippen LogP contribution in [-0.4, -0.2) is 50.7 Å². The van der Waals surface area contributed by atoms with Gasteiger partial charge in [0, 0.05) is 55.3 Å². The fourth-order valence-corrected chi connectivity index (χ4v) is 4.30. The zero-order valence-electron chi connectivity index (χ0n) is 16.0. The summed E-state index contributed by atoms with van der Waals surface area (Å²) in [7, 11) is 2.02. The van der Waals surface area contributed by atoms with Crippen LogP contribution in [0.15, 0.2) is 36.5 Å². The Kier molecular flexibility index (Phi) is 3.96. The van der Waals surface area contributed by atoms with E-state index in [4.69, 9.17) is 5.10 Å². The molecule has 2 aliphatic heterocycles. The number of fused-ring (bicyclic) bond motifs is 2. The molecule has 144 valence electrons. The molecule has 0 atom stereocenters. The first kappa shape index (κ1) is 17.0. The molecule has 0 N–H and O–H groups in total. The third-order valence-corrected chi connectivity index (χ3v) is 5.80. The molecule has 4 heterocycles. The van der Waals surface area contributed by atoms with Gasteiger partial charge in [-0.3, -0.25) is 14.5 Å². The van der Waals surface area contributed by atoms with Gasteiger partial charge in [0.1, 0.15) is 12.4 Å². The van der Waals surface area contributed by atoms with Crippen LogP contribution < -0.4 is 4.90 Å². The molecule has 28 heavy (non-hydrogen) atoms. The first-order valence-electron chi connectivity index (χ1n) is 9.82. The molecular weight excluding hydrogens is 354 g/mol. The monoisotopic (exact) mass is 377 g/mol. The maximum absolute atomic E-state index is 12.6. The van der Waals surface area contributed by atoms with Crippen molar-refractivity contribution in [3.8, 4) is 11.3 Å².